The number of thiophene rings is 1. The molecule has 184 valence electrons. The standard InChI is InChI=1S/C24H25N3O6S2/c1-4-33-24(30)19-14-20(16-9-6-5-7-10-16)34-23(19)26-21(28)15-25-22(29)17-11-8-12-18(13-17)35(31,32)27(2)3/h5-14H,4,15H2,1-3H3,(H,25,29)(H,26,28). The number of anilines is 1. The van der Waals surface area contributed by atoms with Crippen molar-refractivity contribution < 1.29 is 27.5 Å². The van der Waals surface area contributed by atoms with Crippen molar-refractivity contribution in [1.29, 1.82) is 0 Å². The molecule has 0 aliphatic rings. The van der Waals surface area contributed by atoms with Gasteiger partial charge in [0.25, 0.3) is 5.91 Å². The first kappa shape index (κ1) is 26.1. The third-order valence-corrected chi connectivity index (χ3v) is 7.73. The third-order valence-electron chi connectivity index (χ3n) is 4.82. The van der Waals surface area contributed by atoms with Crippen LogP contribution in [0.1, 0.15) is 27.6 Å². The van der Waals surface area contributed by atoms with Gasteiger partial charge in [-0.3, -0.25) is 9.59 Å². The number of nitrogens with one attached hydrogen (secondary N) is 2. The Hall–Kier alpha value is -3.54. The minimum Gasteiger partial charge on any atom is -0.462 e. The molecule has 2 amide bonds. The van der Waals surface area contributed by atoms with Crippen molar-refractivity contribution in [3.8, 4) is 10.4 Å². The average Bonchev–Trinajstić information content (AvgIpc) is 3.27. The first-order valence-corrected chi connectivity index (χ1v) is 12.9. The van der Waals surface area contributed by atoms with E-state index < -0.39 is 27.8 Å². The van der Waals surface area contributed by atoms with Crippen molar-refractivity contribution in [2.45, 2.75) is 11.8 Å². The van der Waals surface area contributed by atoms with Crippen LogP contribution in [0.25, 0.3) is 10.4 Å². The van der Waals surface area contributed by atoms with Crippen LogP contribution in [0, 0.1) is 0 Å². The number of esters is 1. The molecule has 0 saturated carbocycles. The van der Waals surface area contributed by atoms with Gasteiger partial charge >= 0.3 is 5.97 Å². The van der Waals surface area contributed by atoms with E-state index in [1.807, 2.05) is 30.3 Å². The fourth-order valence-electron chi connectivity index (χ4n) is 3.03. The topological polar surface area (TPSA) is 122 Å². The van der Waals surface area contributed by atoms with Gasteiger partial charge in [-0.05, 0) is 36.8 Å². The lowest BCUT2D eigenvalue weighted by Crippen LogP contribution is -2.33. The van der Waals surface area contributed by atoms with E-state index >= 15 is 0 Å². The second kappa shape index (κ2) is 11.3. The summed E-state index contributed by atoms with van der Waals surface area (Å²) < 4.78 is 30.8. The summed E-state index contributed by atoms with van der Waals surface area (Å²) in [5, 5.41) is 5.43. The summed E-state index contributed by atoms with van der Waals surface area (Å²) >= 11 is 1.22. The molecule has 0 aliphatic heterocycles. The van der Waals surface area contributed by atoms with Gasteiger partial charge in [-0.25, -0.2) is 17.5 Å². The largest absolute Gasteiger partial charge is 0.462 e. The Bertz CT molecular complexity index is 1330. The summed E-state index contributed by atoms with van der Waals surface area (Å²) in [5.41, 5.74) is 1.19. The van der Waals surface area contributed by atoms with Gasteiger partial charge in [-0.15, -0.1) is 11.3 Å². The molecule has 35 heavy (non-hydrogen) atoms. The molecule has 0 unspecified atom stereocenters. The fraction of sp³-hybridized carbons (Fsp3) is 0.208. The van der Waals surface area contributed by atoms with Gasteiger partial charge in [-0.2, -0.15) is 0 Å². The summed E-state index contributed by atoms with van der Waals surface area (Å²) in [6, 6.07) is 16.6. The zero-order valence-corrected chi connectivity index (χ0v) is 21.0. The van der Waals surface area contributed by atoms with E-state index in [1.165, 1.54) is 49.7 Å². The lowest BCUT2D eigenvalue weighted by Gasteiger charge is -2.12. The zero-order chi connectivity index (χ0) is 25.6. The molecular formula is C24H25N3O6S2. The van der Waals surface area contributed by atoms with Crippen molar-refractivity contribution in [3.63, 3.8) is 0 Å². The molecule has 2 N–H and O–H groups in total. The molecule has 11 heteroatoms. The molecule has 3 rings (SSSR count). The molecular weight excluding hydrogens is 490 g/mol. The van der Waals surface area contributed by atoms with Crippen LogP contribution in [0.2, 0.25) is 0 Å². The number of carbonyl (C=O) groups is 3. The molecule has 1 heterocycles. The second-order valence-corrected chi connectivity index (χ2v) is 10.7. The van der Waals surface area contributed by atoms with Gasteiger partial charge in [0.2, 0.25) is 15.9 Å². The van der Waals surface area contributed by atoms with Crippen LogP contribution in [-0.2, 0) is 19.6 Å². The van der Waals surface area contributed by atoms with Crippen LogP contribution < -0.4 is 10.6 Å². The Kier molecular flexibility index (Phi) is 8.39. The Morgan fingerprint density at radius 3 is 2.37 bits per heavy atom. The highest BCUT2D eigenvalue weighted by Gasteiger charge is 2.21. The van der Waals surface area contributed by atoms with Crippen LogP contribution in [0.3, 0.4) is 0 Å². The molecule has 0 aliphatic carbocycles. The highest BCUT2D eigenvalue weighted by molar-refractivity contribution is 7.89. The molecule has 0 saturated heterocycles. The van der Waals surface area contributed by atoms with E-state index in [1.54, 1.807) is 13.0 Å². The first-order chi connectivity index (χ1) is 16.6. The van der Waals surface area contributed by atoms with Crippen LogP contribution in [0.15, 0.2) is 65.6 Å². The summed E-state index contributed by atoms with van der Waals surface area (Å²) in [7, 11) is -0.924. The highest BCUT2D eigenvalue weighted by atomic mass is 32.2. The molecule has 0 fully saturated rings. The van der Waals surface area contributed by atoms with Gasteiger partial charge in [0, 0.05) is 24.5 Å². The minimum absolute atomic E-state index is 0.0364. The van der Waals surface area contributed by atoms with Crippen molar-refractivity contribution in [2.75, 3.05) is 32.6 Å². The van der Waals surface area contributed by atoms with Gasteiger partial charge in [0.1, 0.15) is 5.00 Å². The number of ether oxygens (including phenoxy) is 1. The van der Waals surface area contributed by atoms with E-state index in [4.69, 9.17) is 4.74 Å². The number of sulfonamides is 1. The van der Waals surface area contributed by atoms with Crippen molar-refractivity contribution in [1.82, 2.24) is 9.62 Å². The third kappa shape index (κ3) is 6.32. The normalized spacial score (nSPS) is 11.2. The van der Waals surface area contributed by atoms with E-state index in [0.29, 0.717) is 5.00 Å². The lowest BCUT2D eigenvalue weighted by atomic mass is 10.1. The fourth-order valence-corrected chi connectivity index (χ4v) is 5.05. The summed E-state index contributed by atoms with van der Waals surface area (Å²) in [4.78, 5) is 38.2. The van der Waals surface area contributed by atoms with Crippen LogP contribution in [-0.4, -0.2) is 57.8 Å². The van der Waals surface area contributed by atoms with Gasteiger partial charge in [-0.1, -0.05) is 36.4 Å². The number of benzene rings is 2. The maximum Gasteiger partial charge on any atom is 0.341 e. The monoisotopic (exact) mass is 515 g/mol. The Balaban J connectivity index is 1.72. The first-order valence-electron chi connectivity index (χ1n) is 10.6. The molecule has 0 radical (unpaired) electrons. The summed E-state index contributed by atoms with van der Waals surface area (Å²) in [6.07, 6.45) is 0. The van der Waals surface area contributed by atoms with Crippen LogP contribution >= 0.6 is 11.3 Å². The van der Waals surface area contributed by atoms with Crippen molar-refractivity contribution in [3.05, 3.63) is 71.8 Å². The lowest BCUT2D eigenvalue weighted by molar-refractivity contribution is -0.115. The number of rotatable bonds is 9. The number of hydrogen-bond acceptors (Lipinski definition) is 7. The van der Waals surface area contributed by atoms with E-state index in [9.17, 15) is 22.8 Å². The molecule has 0 spiro atoms. The molecule has 2 aromatic carbocycles. The summed E-state index contributed by atoms with van der Waals surface area (Å²) in [5.74, 6) is -1.73. The molecule has 0 atom stereocenters. The quantitative estimate of drug-likeness (QED) is 0.422. The zero-order valence-electron chi connectivity index (χ0n) is 19.4. The van der Waals surface area contributed by atoms with Crippen molar-refractivity contribution >= 4 is 44.1 Å². The average molecular weight is 516 g/mol. The van der Waals surface area contributed by atoms with E-state index in [-0.39, 0.29) is 29.2 Å². The number of hydrogen-bond donors (Lipinski definition) is 2. The van der Waals surface area contributed by atoms with E-state index in [2.05, 4.69) is 10.6 Å². The molecule has 0 bridgehead atoms. The van der Waals surface area contributed by atoms with Gasteiger partial charge < -0.3 is 15.4 Å². The number of amides is 2. The summed E-state index contributed by atoms with van der Waals surface area (Å²) in [6.45, 7) is 1.49. The Morgan fingerprint density at radius 1 is 1.00 bits per heavy atom. The number of nitrogens with zero attached hydrogens (tertiary/aromatic N) is 1. The van der Waals surface area contributed by atoms with Gasteiger partial charge in [0.05, 0.1) is 23.6 Å². The number of carbonyl (C=O) groups excluding carboxylic acids is 3. The van der Waals surface area contributed by atoms with Crippen LogP contribution in [0.5, 0.6) is 0 Å². The second-order valence-electron chi connectivity index (χ2n) is 7.49. The molecule has 9 nitrogen and oxygen atoms in total. The van der Waals surface area contributed by atoms with Gasteiger partial charge in [0.15, 0.2) is 0 Å². The molecule has 3 aromatic rings. The SMILES string of the molecule is CCOC(=O)c1cc(-c2ccccc2)sc1NC(=O)CNC(=O)c1cccc(S(=O)(=O)N(C)C)c1. The van der Waals surface area contributed by atoms with E-state index in [0.717, 1.165) is 14.7 Å². The predicted molar refractivity (Wildman–Crippen MR) is 134 cm³/mol. The van der Waals surface area contributed by atoms with Crippen molar-refractivity contribution in [2.24, 2.45) is 0 Å². The smallest absolute Gasteiger partial charge is 0.341 e. The Morgan fingerprint density at radius 2 is 1.71 bits per heavy atom. The minimum atomic E-state index is -3.71. The maximum absolute atomic E-state index is 12.6. The maximum atomic E-state index is 12.6. The molecule has 1 aromatic heterocycles. The highest BCUT2D eigenvalue weighted by Crippen LogP contribution is 2.35. The predicted octanol–water partition coefficient (Wildman–Crippen LogP) is 3.21. The Labute approximate surface area is 207 Å². The van der Waals surface area contributed by atoms with Crippen LogP contribution in [0.4, 0.5) is 5.00 Å².